The van der Waals surface area contributed by atoms with Gasteiger partial charge >= 0.3 is 0 Å². The Kier molecular flexibility index (Phi) is 7.10. The average Bonchev–Trinajstić information content (AvgIpc) is 3.77. The van der Waals surface area contributed by atoms with E-state index in [1.54, 1.807) is 18.2 Å². The molecule has 6 aromatic rings. The summed E-state index contributed by atoms with van der Waals surface area (Å²) in [4.78, 5) is 8.74. The number of hydrogen-bond donors (Lipinski definition) is 0. The van der Waals surface area contributed by atoms with E-state index in [9.17, 15) is 0 Å². The predicted molar refractivity (Wildman–Crippen MR) is 164 cm³/mol. The molecule has 3 aromatic heterocycles. The third kappa shape index (κ3) is 6.02. The van der Waals surface area contributed by atoms with Gasteiger partial charge in [-0.25, -0.2) is 0 Å². The van der Waals surface area contributed by atoms with Crippen molar-refractivity contribution in [3.63, 3.8) is 0 Å². The molecule has 0 spiro atoms. The van der Waals surface area contributed by atoms with E-state index >= 15 is 0 Å². The van der Waals surface area contributed by atoms with Crippen LogP contribution in [0.1, 0.15) is 34.0 Å². The van der Waals surface area contributed by atoms with E-state index < -0.39 is 14.9 Å². The van der Waals surface area contributed by atoms with E-state index in [1.165, 1.54) is 35.2 Å². The van der Waals surface area contributed by atoms with Crippen LogP contribution >= 0.6 is 0 Å². The Morgan fingerprint density at radius 2 is 1.75 bits per heavy atom. The maximum atomic E-state index is 7.23. The molecule has 0 N–H and O–H groups in total. The van der Waals surface area contributed by atoms with E-state index in [0.717, 1.165) is 39.1 Å². The third-order valence-electron chi connectivity index (χ3n) is 7.14. The Labute approximate surface area is 255 Å². The minimum Gasteiger partial charge on any atom is -0.501 e. The molecular weight excluding hydrogens is 685 g/mol. The Morgan fingerprint density at radius 1 is 0.875 bits per heavy atom. The van der Waals surface area contributed by atoms with Crippen LogP contribution in [0.15, 0.2) is 95.7 Å². The molecular formula is C35H32IrN2OSi-2. The Hall–Kier alpha value is -3.37. The maximum absolute atomic E-state index is 7.23. The maximum Gasteiger partial charge on any atom is 0.120 e. The monoisotopic (exact) mass is 720 g/mol. The van der Waals surface area contributed by atoms with E-state index in [1.807, 2.05) is 30.5 Å². The molecule has 0 saturated heterocycles. The van der Waals surface area contributed by atoms with Crippen molar-refractivity contribution in [2.75, 3.05) is 0 Å². The zero-order chi connectivity index (χ0) is 29.5. The van der Waals surface area contributed by atoms with Crippen LogP contribution in [0.3, 0.4) is 0 Å². The summed E-state index contributed by atoms with van der Waals surface area (Å²) >= 11 is 0. The summed E-state index contributed by atoms with van der Waals surface area (Å²) in [5.74, 6) is 0.714. The molecule has 0 unspecified atom stereocenters. The Bertz CT molecular complexity index is 1860. The standard InChI is InChI=1S/C23H22NOSi.C12H10N.Ir/c1-26(2,3)17-9-10-18-19-5-4-6-20(23(19)25-22(18)14-17)21-13-16(11-12-24-21)15-7-8-15;1-10-7-8-12(13-9-10)11-5-3-2-4-6-11;/h4-5,9-15H,7-8H2,1-3H3;2-5,7-9H,1H3;/q2*-1;/i;1D3;. The van der Waals surface area contributed by atoms with E-state index in [0.29, 0.717) is 5.92 Å². The molecule has 0 atom stereocenters. The van der Waals surface area contributed by atoms with Gasteiger partial charge in [0.1, 0.15) is 5.58 Å². The predicted octanol–water partition coefficient (Wildman–Crippen LogP) is 8.73. The summed E-state index contributed by atoms with van der Waals surface area (Å²) in [7, 11) is -1.37. The van der Waals surface area contributed by atoms with Gasteiger partial charge in [0.25, 0.3) is 0 Å². The number of benzene rings is 3. The summed E-state index contributed by atoms with van der Waals surface area (Å²) in [5, 5.41) is 3.74. The molecule has 1 aliphatic carbocycles. The fourth-order valence-corrected chi connectivity index (χ4v) is 5.91. The zero-order valence-electron chi connectivity index (χ0n) is 25.8. The van der Waals surface area contributed by atoms with E-state index in [2.05, 4.69) is 78.1 Å². The topological polar surface area (TPSA) is 38.9 Å². The van der Waals surface area contributed by atoms with Crippen molar-refractivity contribution < 1.29 is 28.6 Å². The number of nitrogens with zero attached hydrogens (tertiary/aromatic N) is 2. The molecule has 7 rings (SSSR count). The third-order valence-corrected chi connectivity index (χ3v) is 9.18. The average molecular weight is 720 g/mol. The number of rotatable bonds is 4. The summed E-state index contributed by atoms with van der Waals surface area (Å²) in [5.41, 5.74) is 7.04. The van der Waals surface area contributed by atoms with Crippen molar-refractivity contribution >= 4 is 35.2 Å². The van der Waals surface area contributed by atoms with Crippen molar-refractivity contribution in [2.24, 2.45) is 0 Å². The fourth-order valence-electron chi connectivity index (χ4n) is 4.76. The molecule has 1 radical (unpaired) electrons. The quantitative estimate of drug-likeness (QED) is 0.135. The number of aryl methyl sites for hydroxylation is 1. The van der Waals surface area contributed by atoms with Gasteiger partial charge in [0, 0.05) is 42.0 Å². The molecule has 0 bridgehead atoms. The normalized spacial score (nSPS) is 14.4. The van der Waals surface area contributed by atoms with Gasteiger partial charge in [-0.05, 0) is 54.7 Å². The molecule has 203 valence electrons. The van der Waals surface area contributed by atoms with E-state index in [4.69, 9.17) is 8.53 Å². The van der Waals surface area contributed by atoms with Gasteiger partial charge < -0.3 is 14.4 Å². The molecule has 1 fully saturated rings. The second-order valence-electron chi connectivity index (χ2n) is 11.1. The van der Waals surface area contributed by atoms with Gasteiger partial charge in [0.05, 0.1) is 13.7 Å². The largest absolute Gasteiger partial charge is 0.501 e. The van der Waals surface area contributed by atoms with Crippen LogP contribution < -0.4 is 5.19 Å². The number of aromatic nitrogens is 2. The van der Waals surface area contributed by atoms with Gasteiger partial charge in [-0.3, -0.25) is 0 Å². The molecule has 1 aliphatic rings. The van der Waals surface area contributed by atoms with Crippen molar-refractivity contribution in [2.45, 2.75) is 45.3 Å². The number of furan rings is 1. The first kappa shape index (κ1) is 24.4. The SMILES string of the molecule is C[Si](C)(C)c1ccc2c(c1)oc1c(-c3cc(C4CC4)ccn3)[c-]ccc12.[2H]C([2H])([2H])c1ccc(-c2[c-]cccc2)nc1.[Ir]. The number of hydrogen-bond acceptors (Lipinski definition) is 3. The van der Waals surface area contributed by atoms with Crippen molar-refractivity contribution in [1.29, 1.82) is 0 Å². The summed E-state index contributed by atoms with van der Waals surface area (Å²) in [6.45, 7) is 5.00. The molecule has 3 nitrogen and oxygen atoms in total. The van der Waals surface area contributed by atoms with Crippen LogP contribution in [-0.4, -0.2) is 18.0 Å². The van der Waals surface area contributed by atoms with Gasteiger partial charge in [0.2, 0.25) is 0 Å². The van der Waals surface area contributed by atoms with Crippen molar-refractivity contribution in [3.05, 3.63) is 115 Å². The molecule has 5 heteroatoms. The minimum atomic E-state index is -2.09. The fraction of sp³-hybridized carbons (Fsp3) is 0.200. The van der Waals surface area contributed by atoms with Crippen LogP contribution in [0.4, 0.5) is 0 Å². The zero-order valence-corrected chi connectivity index (χ0v) is 26.2. The van der Waals surface area contributed by atoms with Crippen LogP contribution in [0.2, 0.25) is 19.6 Å². The minimum absolute atomic E-state index is 0. The molecule has 0 aliphatic heterocycles. The molecule has 3 heterocycles. The van der Waals surface area contributed by atoms with E-state index in [-0.39, 0.29) is 25.7 Å². The Morgan fingerprint density at radius 3 is 2.45 bits per heavy atom. The summed E-state index contributed by atoms with van der Waals surface area (Å²) in [6.07, 6.45) is 5.90. The van der Waals surface area contributed by atoms with Gasteiger partial charge in [-0.2, -0.15) is 0 Å². The Balaban J connectivity index is 0.000000188. The van der Waals surface area contributed by atoms with Crippen LogP contribution in [-0.2, 0) is 20.1 Å². The number of fused-ring (bicyclic) bond motifs is 3. The summed E-state index contributed by atoms with van der Waals surface area (Å²) < 4.78 is 28.0. The molecule has 0 amide bonds. The molecule has 40 heavy (non-hydrogen) atoms. The first-order valence-corrected chi connectivity index (χ1v) is 16.9. The van der Waals surface area contributed by atoms with Crippen LogP contribution in [0, 0.1) is 19.0 Å². The summed E-state index contributed by atoms with van der Waals surface area (Å²) in [6, 6.07) is 32.3. The van der Waals surface area contributed by atoms with Crippen molar-refractivity contribution in [1.82, 2.24) is 9.97 Å². The smallest absolute Gasteiger partial charge is 0.120 e. The molecule has 3 aromatic carbocycles. The number of pyridine rings is 2. The first-order valence-electron chi connectivity index (χ1n) is 14.9. The second kappa shape index (κ2) is 11.6. The first-order chi connectivity index (χ1) is 20.1. The van der Waals surface area contributed by atoms with Gasteiger partial charge in [-0.1, -0.05) is 71.7 Å². The van der Waals surface area contributed by atoms with Crippen LogP contribution in [0.5, 0.6) is 0 Å². The van der Waals surface area contributed by atoms with Crippen LogP contribution in [0.25, 0.3) is 44.5 Å². The van der Waals surface area contributed by atoms with Crippen molar-refractivity contribution in [3.8, 4) is 22.5 Å². The van der Waals surface area contributed by atoms with Gasteiger partial charge in [0.15, 0.2) is 0 Å². The molecule has 1 saturated carbocycles. The second-order valence-corrected chi connectivity index (χ2v) is 16.2. The van der Waals surface area contributed by atoms with Gasteiger partial charge in [-0.15, -0.1) is 54.1 Å².